The van der Waals surface area contributed by atoms with E-state index in [0.717, 1.165) is 0 Å². The zero-order valence-corrected chi connectivity index (χ0v) is 12.8. The van der Waals surface area contributed by atoms with Crippen LogP contribution in [0.1, 0.15) is 38.9 Å². The highest BCUT2D eigenvalue weighted by Crippen LogP contribution is 2.27. The zero-order chi connectivity index (χ0) is 16.2. The van der Waals surface area contributed by atoms with Crippen LogP contribution in [-0.4, -0.2) is 27.9 Å². The van der Waals surface area contributed by atoms with Crippen molar-refractivity contribution >= 4 is 29.4 Å². The van der Waals surface area contributed by atoms with Gasteiger partial charge in [0.1, 0.15) is 5.60 Å². The van der Waals surface area contributed by atoms with E-state index in [4.69, 9.17) is 21.4 Å². The number of carboxylic acids is 1. The summed E-state index contributed by atoms with van der Waals surface area (Å²) < 4.78 is 5.09. The summed E-state index contributed by atoms with van der Waals surface area (Å²) in [6.45, 7) is 5.21. The Labute approximate surface area is 127 Å². The Morgan fingerprint density at radius 1 is 1.38 bits per heavy atom. The molecule has 21 heavy (non-hydrogen) atoms. The summed E-state index contributed by atoms with van der Waals surface area (Å²) in [5.41, 5.74) is 0.0445. The molecule has 0 fully saturated rings. The minimum atomic E-state index is -1.16. The molecule has 0 saturated carbocycles. The van der Waals surface area contributed by atoms with Gasteiger partial charge in [-0.1, -0.05) is 17.7 Å². The van der Waals surface area contributed by atoms with E-state index in [1.807, 2.05) is 0 Å². The molecular formula is C14H18ClNO5. The van der Waals surface area contributed by atoms with Gasteiger partial charge in [-0.2, -0.15) is 0 Å². The molecule has 3 N–H and O–H groups in total. The first-order chi connectivity index (χ1) is 9.58. The molecule has 0 aliphatic carbocycles. The van der Waals surface area contributed by atoms with Gasteiger partial charge in [-0.25, -0.2) is 4.79 Å². The highest BCUT2D eigenvalue weighted by molar-refractivity contribution is 6.33. The third kappa shape index (κ3) is 6.01. The van der Waals surface area contributed by atoms with Gasteiger partial charge in [0.15, 0.2) is 0 Å². The summed E-state index contributed by atoms with van der Waals surface area (Å²) in [5.74, 6) is -1.12. The predicted octanol–water partition coefficient (Wildman–Crippen LogP) is 3.20. The first kappa shape index (κ1) is 17.3. The third-order valence-electron chi connectivity index (χ3n) is 2.38. The first-order valence-electron chi connectivity index (χ1n) is 6.28. The van der Waals surface area contributed by atoms with Crippen LogP contribution in [0.5, 0.6) is 0 Å². The van der Waals surface area contributed by atoms with Crippen LogP contribution in [0.3, 0.4) is 0 Å². The Hall–Kier alpha value is -1.79. The van der Waals surface area contributed by atoms with E-state index in [1.165, 1.54) is 18.2 Å². The van der Waals surface area contributed by atoms with E-state index in [9.17, 15) is 14.7 Å². The number of ether oxygens (including phenoxy) is 1. The van der Waals surface area contributed by atoms with Crippen LogP contribution in [0.25, 0.3) is 0 Å². The smallest absolute Gasteiger partial charge is 0.412 e. The minimum absolute atomic E-state index is 0.183. The molecule has 1 aromatic rings. The van der Waals surface area contributed by atoms with Crippen LogP contribution in [0.2, 0.25) is 5.02 Å². The second-order valence-corrected chi connectivity index (χ2v) is 5.89. The molecule has 1 rings (SSSR count). The van der Waals surface area contributed by atoms with Crippen LogP contribution < -0.4 is 5.32 Å². The van der Waals surface area contributed by atoms with E-state index in [0.29, 0.717) is 11.3 Å². The van der Waals surface area contributed by atoms with E-state index < -0.39 is 30.2 Å². The Morgan fingerprint density at radius 3 is 2.48 bits per heavy atom. The van der Waals surface area contributed by atoms with Gasteiger partial charge in [-0.3, -0.25) is 10.1 Å². The van der Waals surface area contributed by atoms with E-state index in [1.54, 1.807) is 20.8 Å². The summed E-state index contributed by atoms with van der Waals surface area (Å²) in [7, 11) is 0. The monoisotopic (exact) mass is 315 g/mol. The number of benzene rings is 1. The number of anilines is 1. The fraction of sp³-hybridized carbons (Fsp3) is 0.429. The molecular weight excluding hydrogens is 298 g/mol. The van der Waals surface area contributed by atoms with Gasteiger partial charge >= 0.3 is 12.1 Å². The van der Waals surface area contributed by atoms with E-state index in [-0.39, 0.29) is 5.02 Å². The lowest BCUT2D eigenvalue weighted by molar-refractivity contribution is -0.139. The number of carbonyl (C=O) groups excluding carboxylic acids is 1. The van der Waals surface area contributed by atoms with Crippen LogP contribution in [0.15, 0.2) is 18.2 Å². The molecule has 0 heterocycles. The van der Waals surface area contributed by atoms with E-state index in [2.05, 4.69) is 5.32 Å². The number of halogens is 1. The van der Waals surface area contributed by atoms with Gasteiger partial charge in [-0.15, -0.1) is 0 Å². The quantitative estimate of drug-likeness (QED) is 0.793. The molecule has 0 aliphatic rings. The molecule has 1 atom stereocenters. The van der Waals surface area contributed by atoms with Crippen molar-refractivity contribution < 1.29 is 24.5 Å². The largest absolute Gasteiger partial charge is 0.481 e. The molecule has 0 bridgehead atoms. The van der Waals surface area contributed by atoms with Gasteiger partial charge in [0.05, 0.1) is 23.2 Å². The fourth-order valence-corrected chi connectivity index (χ4v) is 1.77. The zero-order valence-electron chi connectivity index (χ0n) is 12.0. The number of aliphatic hydroxyl groups excluding tert-OH is 1. The third-order valence-corrected chi connectivity index (χ3v) is 2.69. The first-order valence-corrected chi connectivity index (χ1v) is 6.65. The highest BCUT2D eigenvalue weighted by atomic mass is 35.5. The lowest BCUT2D eigenvalue weighted by Crippen LogP contribution is -2.27. The number of carboxylic acid groups (broad SMARTS) is 1. The molecule has 0 aromatic heterocycles. The summed E-state index contributed by atoms with van der Waals surface area (Å²) in [6.07, 6.45) is -2.23. The van der Waals surface area contributed by atoms with Crippen LogP contribution >= 0.6 is 11.6 Å². The Kier molecular flexibility index (Phi) is 5.57. The maximum Gasteiger partial charge on any atom is 0.412 e. The maximum atomic E-state index is 11.6. The molecule has 0 aliphatic heterocycles. The SMILES string of the molecule is CC(C)(C)OC(=O)Nc1ccc([C@H](O)CC(=O)O)cc1Cl. The molecule has 116 valence electrons. The molecule has 0 saturated heterocycles. The van der Waals surface area contributed by atoms with Crippen molar-refractivity contribution in [1.82, 2.24) is 0 Å². The molecule has 0 radical (unpaired) electrons. The van der Waals surface area contributed by atoms with Crippen molar-refractivity contribution in [2.45, 2.75) is 38.9 Å². The number of amides is 1. The van der Waals surface area contributed by atoms with Crippen LogP contribution in [0, 0.1) is 0 Å². The number of nitrogens with one attached hydrogen (secondary N) is 1. The van der Waals surface area contributed by atoms with Gasteiger partial charge < -0.3 is 14.9 Å². The van der Waals surface area contributed by atoms with Crippen molar-refractivity contribution in [2.24, 2.45) is 0 Å². The number of aliphatic hydroxyl groups is 1. The minimum Gasteiger partial charge on any atom is -0.481 e. The maximum absolute atomic E-state index is 11.6. The van der Waals surface area contributed by atoms with Gasteiger partial charge in [0.25, 0.3) is 0 Å². The van der Waals surface area contributed by atoms with Gasteiger partial charge in [0, 0.05) is 0 Å². The van der Waals surface area contributed by atoms with Crippen molar-refractivity contribution in [3.05, 3.63) is 28.8 Å². The van der Waals surface area contributed by atoms with E-state index >= 15 is 0 Å². The van der Waals surface area contributed by atoms with Crippen LogP contribution in [-0.2, 0) is 9.53 Å². The number of hydrogen-bond donors (Lipinski definition) is 3. The molecule has 7 heteroatoms. The number of hydrogen-bond acceptors (Lipinski definition) is 4. The standard InChI is InChI=1S/C14H18ClNO5/c1-14(2,3)21-13(20)16-10-5-4-8(6-9(10)15)11(17)7-12(18)19/h4-6,11,17H,7H2,1-3H3,(H,16,20)(H,18,19)/t11-/m1/s1. The lowest BCUT2D eigenvalue weighted by Gasteiger charge is -2.20. The fourth-order valence-electron chi connectivity index (χ4n) is 1.54. The Morgan fingerprint density at radius 2 is 2.00 bits per heavy atom. The second-order valence-electron chi connectivity index (χ2n) is 5.48. The molecule has 6 nitrogen and oxygen atoms in total. The van der Waals surface area contributed by atoms with Crippen molar-refractivity contribution in [1.29, 1.82) is 0 Å². The average Bonchev–Trinajstić information content (AvgIpc) is 2.28. The van der Waals surface area contributed by atoms with Gasteiger partial charge in [-0.05, 0) is 38.5 Å². The second kappa shape index (κ2) is 6.78. The molecule has 0 unspecified atom stereocenters. The Balaban J connectivity index is 2.79. The number of carbonyl (C=O) groups is 2. The normalized spacial score (nSPS) is 12.6. The van der Waals surface area contributed by atoms with Crippen molar-refractivity contribution in [3.8, 4) is 0 Å². The highest BCUT2D eigenvalue weighted by Gasteiger charge is 2.18. The predicted molar refractivity (Wildman–Crippen MR) is 78.5 cm³/mol. The summed E-state index contributed by atoms with van der Waals surface area (Å²) in [6, 6.07) is 4.38. The summed E-state index contributed by atoms with van der Waals surface area (Å²) >= 11 is 6.00. The van der Waals surface area contributed by atoms with Crippen LogP contribution in [0.4, 0.5) is 10.5 Å². The summed E-state index contributed by atoms with van der Waals surface area (Å²) in [4.78, 5) is 22.2. The Bertz CT molecular complexity index is 539. The van der Waals surface area contributed by atoms with Gasteiger partial charge in [0.2, 0.25) is 0 Å². The van der Waals surface area contributed by atoms with Crippen molar-refractivity contribution in [3.63, 3.8) is 0 Å². The van der Waals surface area contributed by atoms with Crippen molar-refractivity contribution in [2.75, 3.05) is 5.32 Å². The lowest BCUT2D eigenvalue weighted by atomic mass is 10.1. The topological polar surface area (TPSA) is 95.9 Å². The molecule has 0 spiro atoms. The number of aliphatic carboxylic acids is 1. The molecule has 1 amide bonds. The summed E-state index contributed by atoms with van der Waals surface area (Å²) in [5, 5.41) is 21.0. The molecule has 1 aromatic carbocycles. The number of rotatable bonds is 4. The average molecular weight is 316 g/mol.